The van der Waals surface area contributed by atoms with Crippen molar-refractivity contribution in [1.82, 2.24) is 14.5 Å². The molecule has 0 unspecified atom stereocenters. The zero-order valence-corrected chi connectivity index (χ0v) is 16.2. The number of nitrogens with zero attached hydrogens (tertiary/aromatic N) is 3. The Morgan fingerprint density at radius 3 is 2.79 bits per heavy atom. The molecule has 3 rings (SSSR count). The second kappa shape index (κ2) is 9.07. The standard InChI is InChI=1S/C19H23ClN4O4/c20-15-1-3-16(4-2-15)27-13-19(11-17(21)25)12-24(9-10-28-19)18(26)5-7-23-8-6-22-14-23/h1-4,6,8,14H,5,7,9-13H2,(H2,21,25)/t19-/m0/s1. The van der Waals surface area contributed by atoms with Crippen LogP contribution in [-0.4, -0.2) is 58.2 Å². The van der Waals surface area contributed by atoms with E-state index < -0.39 is 11.5 Å². The zero-order valence-electron chi connectivity index (χ0n) is 15.4. The quantitative estimate of drug-likeness (QED) is 0.715. The number of carbonyl (C=O) groups is 2. The van der Waals surface area contributed by atoms with E-state index in [9.17, 15) is 9.59 Å². The number of benzene rings is 1. The average molecular weight is 407 g/mol. The molecule has 150 valence electrons. The molecule has 1 aromatic carbocycles. The topological polar surface area (TPSA) is 99.7 Å². The summed E-state index contributed by atoms with van der Waals surface area (Å²) >= 11 is 5.89. The Balaban J connectivity index is 1.64. The van der Waals surface area contributed by atoms with Gasteiger partial charge in [0, 0.05) is 36.9 Å². The summed E-state index contributed by atoms with van der Waals surface area (Å²) in [4.78, 5) is 30.0. The fourth-order valence-electron chi connectivity index (χ4n) is 3.17. The van der Waals surface area contributed by atoms with Crippen molar-refractivity contribution < 1.29 is 19.1 Å². The van der Waals surface area contributed by atoms with Crippen molar-refractivity contribution in [3.8, 4) is 5.75 Å². The molecule has 0 saturated carbocycles. The van der Waals surface area contributed by atoms with Gasteiger partial charge in [-0.05, 0) is 24.3 Å². The molecule has 0 aliphatic carbocycles. The molecule has 1 saturated heterocycles. The molecule has 1 fully saturated rings. The molecule has 2 aromatic rings. The first-order chi connectivity index (χ1) is 13.5. The summed E-state index contributed by atoms with van der Waals surface area (Å²) < 4.78 is 13.5. The normalized spacial score (nSPS) is 19.4. The lowest BCUT2D eigenvalue weighted by atomic mass is 9.97. The van der Waals surface area contributed by atoms with Crippen molar-refractivity contribution in [1.29, 1.82) is 0 Å². The number of carbonyl (C=O) groups excluding carboxylic acids is 2. The highest BCUT2D eigenvalue weighted by atomic mass is 35.5. The van der Waals surface area contributed by atoms with E-state index >= 15 is 0 Å². The van der Waals surface area contributed by atoms with Gasteiger partial charge < -0.3 is 24.7 Å². The Morgan fingerprint density at radius 2 is 2.11 bits per heavy atom. The minimum absolute atomic E-state index is 0.0164. The number of imidazole rings is 1. The van der Waals surface area contributed by atoms with Crippen LogP contribution >= 0.6 is 11.6 Å². The smallest absolute Gasteiger partial charge is 0.224 e. The first-order valence-electron chi connectivity index (χ1n) is 9.00. The van der Waals surface area contributed by atoms with E-state index in [0.29, 0.717) is 36.9 Å². The summed E-state index contributed by atoms with van der Waals surface area (Å²) in [6, 6.07) is 6.89. The van der Waals surface area contributed by atoms with Crippen molar-refractivity contribution in [2.45, 2.75) is 25.0 Å². The first kappa shape index (κ1) is 20.2. The van der Waals surface area contributed by atoms with Crippen LogP contribution in [0.5, 0.6) is 5.75 Å². The van der Waals surface area contributed by atoms with Crippen molar-refractivity contribution >= 4 is 23.4 Å². The minimum Gasteiger partial charge on any atom is -0.490 e. The summed E-state index contributed by atoms with van der Waals surface area (Å²) in [6.07, 6.45) is 5.45. The zero-order chi connectivity index (χ0) is 20.0. The van der Waals surface area contributed by atoms with Gasteiger partial charge in [0.05, 0.1) is 25.9 Å². The van der Waals surface area contributed by atoms with Crippen molar-refractivity contribution in [2.75, 3.05) is 26.3 Å². The fourth-order valence-corrected chi connectivity index (χ4v) is 3.29. The number of ether oxygens (including phenoxy) is 2. The van der Waals surface area contributed by atoms with Crippen LogP contribution in [0.2, 0.25) is 5.02 Å². The highest BCUT2D eigenvalue weighted by Gasteiger charge is 2.40. The number of hydrogen-bond donors (Lipinski definition) is 1. The van der Waals surface area contributed by atoms with Gasteiger partial charge in [0.1, 0.15) is 18.0 Å². The van der Waals surface area contributed by atoms with Gasteiger partial charge in [-0.3, -0.25) is 9.59 Å². The van der Waals surface area contributed by atoms with Crippen LogP contribution in [0.25, 0.3) is 0 Å². The molecular formula is C19H23ClN4O4. The molecule has 2 N–H and O–H groups in total. The number of morpholine rings is 1. The lowest BCUT2D eigenvalue weighted by Crippen LogP contribution is -2.58. The molecule has 1 aliphatic rings. The molecule has 28 heavy (non-hydrogen) atoms. The van der Waals surface area contributed by atoms with E-state index in [2.05, 4.69) is 4.98 Å². The minimum atomic E-state index is -0.978. The number of aromatic nitrogens is 2. The van der Waals surface area contributed by atoms with Gasteiger partial charge in [-0.15, -0.1) is 0 Å². The van der Waals surface area contributed by atoms with Crippen LogP contribution in [0.1, 0.15) is 12.8 Å². The number of aryl methyl sites for hydroxylation is 1. The molecular weight excluding hydrogens is 384 g/mol. The Hall–Kier alpha value is -2.58. The summed E-state index contributed by atoms with van der Waals surface area (Å²) in [6.45, 7) is 1.66. The van der Waals surface area contributed by atoms with Gasteiger partial charge in [0.25, 0.3) is 0 Å². The van der Waals surface area contributed by atoms with Crippen LogP contribution in [0.3, 0.4) is 0 Å². The average Bonchev–Trinajstić information content (AvgIpc) is 3.19. The number of halogens is 1. The Labute approximate surface area is 168 Å². The SMILES string of the molecule is NC(=O)C[C@@]1(COc2ccc(Cl)cc2)CN(C(=O)CCn2ccnc2)CCO1. The maximum atomic E-state index is 12.6. The second-order valence-electron chi connectivity index (χ2n) is 6.78. The summed E-state index contributed by atoms with van der Waals surface area (Å²) in [5.41, 5.74) is 4.46. The molecule has 0 bridgehead atoms. The number of nitrogens with two attached hydrogens (primary N) is 1. The van der Waals surface area contributed by atoms with Crippen molar-refractivity contribution in [3.05, 3.63) is 48.0 Å². The lowest BCUT2D eigenvalue weighted by molar-refractivity contribution is -0.161. The van der Waals surface area contributed by atoms with Gasteiger partial charge in [0.15, 0.2) is 0 Å². The van der Waals surface area contributed by atoms with Crippen molar-refractivity contribution in [3.63, 3.8) is 0 Å². The van der Waals surface area contributed by atoms with Crippen LogP contribution in [0, 0.1) is 0 Å². The molecule has 9 heteroatoms. The number of amides is 2. The molecule has 2 heterocycles. The second-order valence-corrected chi connectivity index (χ2v) is 7.22. The van der Waals surface area contributed by atoms with E-state index in [1.165, 1.54) is 0 Å². The third-order valence-electron chi connectivity index (χ3n) is 4.56. The van der Waals surface area contributed by atoms with E-state index in [1.807, 2.05) is 10.8 Å². The highest BCUT2D eigenvalue weighted by Crippen LogP contribution is 2.25. The van der Waals surface area contributed by atoms with E-state index in [0.717, 1.165) is 0 Å². The van der Waals surface area contributed by atoms with Crippen molar-refractivity contribution in [2.24, 2.45) is 5.73 Å². The van der Waals surface area contributed by atoms with Crippen LogP contribution < -0.4 is 10.5 Å². The lowest BCUT2D eigenvalue weighted by Gasteiger charge is -2.42. The van der Waals surface area contributed by atoms with Gasteiger partial charge >= 0.3 is 0 Å². The van der Waals surface area contributed by atoms with E-state index in [1.54, 1.807) is 41.7 Å². The third-order valence-corrected chi connectivity index (χ3v) is 4.81. The van der Waals surface area contributed by atoms with Crippen LogP contribution in [-0.2, 0) is 20.9 Å². The maximum absolute atomic E-state index is 12.6. The molecule has 1 atom stereocenters. The molecule has 1 aromatic heterocycles. The van der Waals surface area contributed by atoms with Crippen LogP contribution in [0.4, 0.5) is 0 Å². The predicted octanol–water partition coefficient (Wildman–Crippen LogP) is 1.48. The fraction of sp³-hybridized carbons (Fsp3) is 0.421. The summed E-state index contributed by atoms with van der Waals surface area (Å²) in [5.74, 6) is 0.0742. The Kier molecular flexibility index (Phi) is 6.53. The summed E-state index contributed by atoms with van der Waals surface area (Å²) in [5, 5.41) is 0.600. The Morgan fingerprint density at radius 1 is 1.32 bits per heavy atom. The van der Waals surface area contributed by atoms with Gasteiger partial charge in [-0.1, -0.05) is 11.6 Å². The first-order valence-corrected chi connectivity index (χ1v) is 9.38. The largest absolute Gasteiger partial charge is 0.490 e. The van der Waals surface area contributed by atoms with Gasteiger partial charge in [-0.25, -0.2) is 4.98 Å². The number of primary amides is 1. The third kappa shape index (κ3) is 5.46. The maximum Gasteiger partial charge on any atom is 0.224 e. The molecule has 8 nitrogen and oxygen atoms in total. The van der Waals surface area contributed by atoms with Gasteiger partial charge in [0.2, 0.25) is 11.8 Å². The molecule has 0 spiro atoms. The van der Waals surface area contributed by atoms with Gasteiger partial charge in [-0.2, -0.15) is 0 Å². The van der Waals surface area contributed by atoms with E-state index in [-0.39, 0.29) is 25.5 Å². The Bertz CT molecular complexity index is 797. The summed E-state index contributed by atoms with van der Waals surface area (Å²) in [7, 11) is 0. The number of hydrogen-bond acceptors (Lipinski definition) is 5. The molecule has 2 amide bonds. The number of rotatable bonds is 8. The van der Waals surface area contributed by atoms with Crippen LogP contribution in [0.15, 0.2) is 43.0 Å². The molecule has 1 aliphatic heterocycles. The predicted molar refractivity (Wildman–Crippen MR) is 103 cm³/mol. The highest BCUT2D eigenvalue weighted by molar-refractivity contribution is 6.30. The molecule has 0 radical (unpaired) electrons. The van der Waals surface area contributed by atoms with E-state index in [4.69, 9.17) is 26.8 Å². The monoisotopic (exact) mass is 406 g/mol.